The molecule has 0 bridgehead atoms. The van der Waals surface area contributed by atoms with Crippen LogP contribution in [0.4, 0.5) is 0 Å². The van der Waals surface area contributed by atoms with E-state index < -0.39 is 0 Å². The Morgan fingerprint density at radius 1 is 1.44 bits per heavy atom. The molecule has 0 unspecified atom stereocenters. The molecule has 0 atom stereocenters. The number of hydrogen-bond donors (Lipinski definition) is 0. The minimum atomic E-state index is -0.106. The number of aromatic nitrogens is 3. The maximum Gasteiger partial charge on any atom is 0.233 e. The van der Waals surface area contributed by atoms with E-state index in [0.717, 1.165) is 0 Å². The zero-order valence-electron chi connectivity index (χ0n) is 10.5. The van der Waals surface area contributed by atoms with Crippen LogP contribution in [0.25, 0.3) is 5.52 Å². The molecule has 0 fully saturated rings. The summed E-state index contributed by atoms with van der Waals surface area (Å²) in [5.74, 6) is 0.346. The first kappa shape index (κ1) is 12.1. The van der Waals surface area contributed by atoms with E-state index >= 15 is 0 Å². The number of ether oxygens (including phenoxy) is 1. The highest BCUT2D eigenvalue weighted by Gasteiger charge is 2.11. The number of carbonyl (C=O) groups is 1. The first-order chi connectivity index (χ1) is 8.61. The number of hydrogen-bond acceptors (Lipinski definition) is 5. The summed E-state index contributed by atoms with van der Waals surface area (Å²) in [6.07, 6.45) is 4.70. The predicted molar refractivity (Wildman–Crippen MR) is 66.7 cm³/mol. The van der Waals surface area contributed by atoms with Crippen molar-refractivity contribution in [3.63, 3.8) is 0 Å². The summed E-state index contributed by atoms with van der Waals surface area (Å²) in [7, 11) is 5.24. The number of methoxy groups -OCH3 is 1. The van der Waals surface area contributed by atoms with Crippen molar-refractivity contribution in [1.29, 1.82) is 0 Å². The van der Waals surface area contributed by atoms with Gasteiger partial charge in [-0.25, -0.2) is 0 Å². The average Bonchev–Trinajstić information content (AvgIpc) is 2.78. The largest absolute Gasteiger partial charge is 0.480 e. The standard InChI is InChI=1S/C12H14N4O2/c1-15(2)7-6-11(17)9-8-13-16-10(9)4-5-12(14-16)18-3/h4-8H,1-3H3. The molecule has 0 aliphatic rings. The second-order valence-corrected chi connectivity index (χ2v) is 3.95. The summed E-state index contributed by atoms with van der Waals surface area (Å²) in [6.45, 7) is 0. The normalized spacial score (nSPS) is 11.1. The molecule has 0 radical (unpaired) electrons. The monoisotopic (exact) mass is 246 g/mol. The summed E-state index contributed by atoms with van der Waals surface area (Å²) >= 11 is 0. The van der Waals surface area contributed by atoms with Crippen LogP contribution in [-0.4, -0.2) is 46.7 Å². The summed E-state index contributed by atoms with van der Waals surface area (Å²) < 4.78 is 6.38. The van der Waals surface area contributed by atoms with Gasteiger partial charge in [-0.2, -0.15) is 5.10 Å². The second kappa shape index (κ2) is 4.87. The number of fused-ring (bicyclic) bond motifs is 1. The average molecular weight is 246 g/mol. The third kappa shape index (κ3) is 2.32. The van der Waals surface area contributed by atoms with Gasteiger partial charge in [-0.3, -0.25) is 4.79 Å². The fourth-order valence-corrected chi connectivity index (χ4v) is 1.47. The highest BCUT2D eigenvalue weighted by atomic mass is 16.5. The molecule has 0 aliphatic heterocycles. The molecule has 6 nitrogen and oxygen atoms in total. The van der Waals surface area contributed by atoms with Crippen molar-refractivity contribution in [3.05, 3.63) is 36.2 Å². The number of allylic oxidation sites excluding steroid dienone is 1. The number of rotatable bonds is 4. The van der Waals surface area contributed by atoms with E-state index in [1.165, 1.54) is 24.0 Å². The number of nitrogens with zero attached hydrogens (tertiary/aromatic N) is 4. The molecular weight excluding hydrogens is 232 g/mol. The molecule has 0 saturated carbocycles. The van der Waals surface area contributed by atoms with Crippen LogP contribution in [0.3, 0.4) is 0 Å². The van der Waals surface area contributed by atoms with Gasteiger partial charge in [-0.15, -0.1) is 9.73 Å². The van der Waals surface area contributed by atoms with Crippen LogP contribution < -0.4 is 4.74 Å². The molecule has 0 spiro atoms. The lowest BCUT2D eigenvalue weighted by Gasteiger charge is -2.02. The Hall–Kier alpha value is -2.37. The molecule has 0 amide bonds. The fraction of sp³-hybridized carbons (Fsp3) is 0.250. The van der Waals surface area contributed by atoms with E-state index in [1.54, 1.807) is 23.2 Å². The Bertz CT molecular complexity index is 601. The van der Waals surface area contributed by atoms with E-state index in [-0.39, 0.29) is 5.78 Å². The van der Waals surface area contributed by atoms with Crippen LogP contribution in [0.1, 0.15) is 10.4 Å². The van der Waals surface area contributed by atoms with Gasteiger partial charge in [-0.1, -0.05) is 0 Å². The van der Waals surface area contributed by atoms with Crippen molar-refractivity contribution in [2.75, 3.05) is 21.2 Å². The van der Waals surface area contributed by atoms with Gasteiger partial charge in [0.05, 0.1) is 24.4 Å². The SMILES string of the molecule is COc1ccc2c(C(=O)C=CN(C)C)cnn2n1. The lowest BCUT2D eigenvalue weighted by atomic mass is 10.2. The lowest BCUT2D eigenvalue weighted by molar-refractivity contribution is 0.104. The lowest BCUT2D eigenvalue weighted by Crippen LogP contribution is -2.03. The van der Waals surface area contributed by atoms with Crippen molar-refractivity contribution in [3.8, 4) is 5.88 Å². The van der Waals surface area contributed by atoms with Crippen LogP contribution in [0.2, 0.25) is 0 Å². The smallest absolute Gasteiger partial charge is 0.233 e. The van der Waals surface area contributed by atoms with E-state index in [1.807, 2.05) is 14.1 Å². The van der Waals surface area contributed by atoms with Crippen LogP contribution in [0.15, 0.2) is 30.6 Å². The Morgan fingerprint density at radius 3 is 2.89 bits per heavy atom. The van der Waals surface area contributed by atoms with E-state index in [2.05, 4.69) is 10.2 Å². The molecule has 0 aromatic carbocycles. The molecule has 2 aromatic rings. The zero-order chi connectivity index (χ0) is 13.1. The number of ketones is 1. The first-order valence-corrected chi connectivity index (χ1v) is 5.40. The van der Waals surface area contributed by atoms with Crippen molar-refractivity contribution < 1.29 is 9.53 Å². The minimum absolute atomic E-state index is 0.106. The Balaban J connectivity index is 2.37. The van der Waals surface area contributed by atoms with Crippen LogP contribution in [0.5, 0.6) is 5.88 Å². The maximum absolute atomic E-state index is 12.0. The van der Waals surface area contributed by atoms with Gasteiger partial charge < -0.3 is 9.64 Å². The second-order valence-electron chi connectivity index (χ2n) is 3.95. The third-order valence-corrected chi connectivity index (χ3v) is 2.36. The molecule has 18 heavy (non-hydrogen) atoms. The molecule has 0 aliphatic carbocycles. The van der Waals surface area contributed by atoms with E-state index in [9.17, 15) is 4.79 Å². The Morgan fingerprint density at radius 2 is 2.22 bits per heavy atom. The summed E-state index contributed by atoms with van der Waals surface area (Å²) in [5, 5.41) is 8.12. The third-order valence-electron chi connectivity index (χ3n) is 2.36. The first-order valence-electron chi connectivity index (χ1n) is 5.40. The molecule has 2 aromatic heterocycles. The van der Waals surface area contributed by atoms with E-state index in [4.69, 9.17) is 4.74 Å². The summed E-state index contributed by atoms with van der Waals surface area (Å²) in [5.41, 5.74) is 1.17. The summed E-state index contributed by atoms with van der Waals surface area (Å²) in [4.78, 5) is 13.7. The molecule has 0 N–H and O–H groups in total. The zero-order valence-corrected chi connectivity index (χ0v) is 10.5. The van der Waals surface area contributed by atoms with Crippen LogP contribution in [-0.2, 0) is 0 Å². The number of carbonyl (C=O) groups excluding carboxylic acids is 1. The Labute approximate surface area is 104 Å². The predicted octanol–water partition coefficient (Wildman–Crippen LogP) is 0.996. The highest BCUT2D eigenvalue weighted by Crippen LogP contribution is 2.14. The Kier molecular flexibility index (Phi) is 3.27. The van der Waals surface area contributed by atoms with E-state index in [0.29, 0.717) is 17.0 Å². The van der Waals surface area contributed by atoms with Crippen LogP contribution >= 0.6 is 0 Å². The molecule has 2 heterocycles. The van der Waals surface area contributed by atoms with Gasteiger partial charge in [0.15, 0.2) is 5.78 Å². The molecule has 2 rings (SSSR count). The fourth-order valence-electron chi connectivity index (χ4n) is 1.47. The van der Waals surface area contributed by atoms with Gasteiger partial charge in [0, 0.05) is 32.4 Å². The van der Waals surface area contributed by atoms with Gasteiger partial charge in [0.1, 0.15) is 0 Å². The minimum Gasteiger partial charge on any atom is -0.480 e. The van der Waals surface area contributed by atoms with Crippen molar-refractivity contribution in [1.82, 2.24) is 19.7 Å². The molecule has 0 saturated heterocycles. The van der Waals surface area contributed by atoms with Gasteiger partial charge in [-0.05, 0) is 6.07 Å². The van der Waals surface area contributed by atoms with Gasteiger partial charge in [0.25, 0.3) is 0 Å². The van der Waals surface area contributed by atoms with Gasteiger partial charge >= 0.3 is 0 Å². The van der Waals surface area contributed by atoms with Crippen molar-refractivity contribution in [2.45, 2.75) is 0 Å². The van der Waals surface area contributed by atoms with Crippen molar-refractivity contribution in [2.24, 2.45) is 0 Å². The van der Waals surface area contributed by atoms with Crippen molar-refractivity contribution >= 4 is 11.3 Å². The molecule has 94 valence electrons. The molecular formula is C12H14N4O2. The molecule has 6 heteroatoms. The summed E-state index contributed by atoms with van der Waals surface area (Å²) in [6, 6.07) is 3.46. The highest BCUT2D eigenvalue weighted by molar-refractivity contribution is 6.09. The quantitative estimate of drug-likeness (QED) is 0.595. The van der Waals surface area contributed by atoms with Crippen LogP contribution in [0, 0.1) is 0 Å². The van der Waals surface area contributed by atoms with Gasteiger partial charge in [0.2, 0.25) is 5.88 Å². The maximum atomic E-state index is 12.0. The topological polar surface area (TPSA) is 59.7 Å².